The number of benzene rings is 1. The Bertz CT molecular complexity index is 640. The summed E-state index contributed by atoms with van der Waals surface area (Å²) >= 11 is 0. The molecule has 1 unspecified atom stereocenters. The maximum atomic E-state index is 12.3. The number of amides is 1. The monoisotopic (exact) mass is 360 g/mol. The molecule has 5 nitrogen and oxygen atoms in total. The molecule has 1 heterocycles. The Kier molecular flexibility index (Phi) is 7.09. The Labute approximate surface area is 157 Å². The quantitative estimate of drug-likeness (QED) is 0.758. The third-order valence-electron chi connectivity index (χ3n) is 5.06. The summed E-state index contributed by atoms with van der Waals surface area (Å²) < 4.78 is 10.5. The van der Waals surface area contributed by atoms with Crippen LogP contribution in [0.2, 0.25) is 0 Å². The van der Waals surface area contributed by atoms with E-state index in [2.05, 4.69) is 31.0 Å². The highest BCUT2D eigenvalue weighted by Gasteiger charge is 2.30. The second-order valence-electron chi connectivity index (χ2n) is 7.66. The van der Waals surface area contributed by atoms with Gasteiger partial charge < -0.3 is 14.8 Å². The van der Waals surface area contributed by atoms with E-state index in [0.29, 0.717) is 12.3 Å². The average molecular weight is 360 g/mol. The van der Waals surface area contributed by atoms with Crippen LogP contribution in [-0.4, -0.2) is 50.2 Å². The molecule has 1 aromatic rings. The third-order valence-corrected chi connectivity index (χ3v) is 5.06. The van der Waals surface area contributed by atoms with E-state index >= 15 is 0 Å². The lowest BCUT2D eigenvalue weighted by Crippen LogP contribution is -2.54. The van der Waals surface area contributed by atoms with Crippen LogP contribution in [0.1, 0.15) is 39.2 Å². The molecule has 2 rings (SSSR count). The van der Waals surface area contributed by atoms with E-state index < -0.39 is 0 Å². The fourth-order valence-corrected chi connectivity index (χ4v) is 3.33. The lowest BCUT2D eigenvalue weighted by atomic mass is 9.93. The maximum Gasteiger partial charge on any atom is 0.244 e. The van der Waals surface area contributed by atoms with Crippen LogP contribution in [0.4, 0.5) is 0 Å². The van der Waals surface area contributed by atoms with E-state index in [1.54, 1.807) is 32.4 Å². The summed E-state index contributed by atoms with van der Waals surface area (Å²) in [5.74, 6) is 2.03. The maximum absolute atomic E-state index is 12.3. The molecule has 26 heavy (non-hydrogen) atoms. The normalized spacial score (nSPS) is 18.7. The molecule has 0 saturated carbocycles. The van der Waals surface area contributed by atoms with Gasteiger partial charge in [0.2, 0.25) is 5.91 Å². The van der Waals surface area contributed by atoms with E-state index in [1.165, 1.54) is 12.8 Å². The fourth-order valence-electron chi connectivity index (χ4n) is 3.33. The first-order valence-electron chi connectivity index (χ1n) is 9.28. The van der Waals surface area contributed by atoms with E-state index in [4.69, 9.17) is 9.47 Å². The second kappa shape index (κ2) is 9.08. The van der Waals surface area contributed by atoms with Crippen LogP contribution < -0.4 is 14.8 Å². The van der Waals surface area contributed by atoms with Crippen molar-refractivity contribution in [2.75, 3.05) is 33.9 Å². The summed E-state index contributed by atoms with van der Waals surface area (Å²) in [6.45, 7) is 9.52. The molecular formula is C21H32N2O3. The largest absolute Gasteiger partial charge is 0.497 e. The highest BCUT2D eigenvalue weighted by atomic mass is 16.5. The summed E-state index contributed by atoms with van der Waals surface area (Å²) in [5, 5.41) is 3.03. The van der Waals surface area contributed by atoms with Crippen molar-refractivity contribution in [1.29, 1.82) is 0 Å². The van der Waals surface area contributed by atoms with Gasteiger partial charge in [0.15, 0.2) is 0 Å². The van der Waals surface area contributed by atoms with E-state index in [1.807, 2.05) is 12.1 Å². The number of likely N-dealkylation sites (tertiary alicyclic amines) is 1. The zero-order chi connectivity index (χ0) is 19.2. The van der Waals surface area contributed by atoms with Gasteiger partial charge in [-0.3, -0.25) is 9.69 Å². The Morgan fingerprint density at radius 3 is 2.77 bits per heavy atom. The zero-order valence-electron chi connectivity index (χ0n) is 16.7. The van der Waals surface area contributed by atoms with Gasteiger partial charge in [-0.15, -0.1) is 0 Å². The average Bonchev–Trinajstić information content (AvgIpc) is 2.64. The van der Waals surface area contributed by atoms with Crippen LogP contribution >= 0.6 is 0 Å². The van der Waals surface area contributed by atoms with E-state index in [0.717, 1.165) is 30.3 Å². The summed E-state index contributed by atoms with van der Waals surface area (Å²) in [4.78, 5) is 14.7. The Morgan fingerprint density at radius 2 is 2.12 bits per heavy atom. The molecule has 144 valence electrons. The molecule has 1 amide bonds. The topological polar surface area (TPSA) is 50.8 Å². The van der Waals surface area contributed by atoms with Crippen molar-refractivity contribution in [2.24, 2.45) is 5.92 Å². The van der Waals surface area contributed by atoms with Gasteiger partial charge in [0.05, 0.1) is 14.2 Å². The zero-order valence-corrected chi connectivity index (χ0v) is 16.7. The smallest absolute Gasteiger partial charge is 0.244 e. The standard InChI is InChI=1S/C21H32N2O3/c1-16-7-6-12-23(14-16)21(2,3)15-22-20(24)11-9-17-8-10-18(25-4)13-19(17)26-5/h8-11,13,16H,6-7,12,14-15H2,1-5H3,(H,22,24)/b11-9+. The van der Waals surface area contributed by atoms with Crippen LogP contribution in [0.5, 0.6) is 11.5 Å². The number of ether oxygens (including phenoxy) is 2. The Balaban J connectivity index is 1.93. The van der Waals surface area contributed by atoms with Crippen LogP contribution in [-0.2, 0) is 4.79 Å². The predicted octanol–water partition coefficient (Wildman–Crippen LogP) is 3.34. The van der Waals surface area contributed by atoms with Crippen molar-refractivity contribution in [3.8, 4) is 11.5 Å². The first-order valence-corrected chi connectivity index (χ1v) is 9.28. The van der Waals surface area contributed by atoms with E-state index in [9.17, 15) is 4.79 Å². The molecule has 0 spiro atoms. The first kappa shape index (κ1) is 20.3. The van der Waals surface area contributed by atoms with Crippen LogP contribution in [0, 0.1) is 5.92 Å². The van der Waals surface area contributed by atoms with Crippen molar-refractivity contribution >= 4 is 12.0 Å². The summed E-state index contributed by atoms with van der Waals surface area (Å²) in [6, 6.07) is 5.53. The first-order chi connectivity index (χ1) is 12.4. The van der Waals surface area contributed by atoms with Crippen molar-refractivity contribution in [3.05, 3.63) is 29.8 Å². The SMILES string of the molecule is COc1ccc(/C=C/C(=O)NCC(C)(C)N2CCCC(C)C2)c(OC)c1. The number of carbonyl (C=O) groups is 1. The molecule has 1 aromatic carbocycles. The highest BCUT2D eigenvalue weighted by molar-refractivity contribution is 5.92. The molecule has 1 N–H and O–H groups in total. The fraction of sp³-hybridized carbons (Fsp3) is 0.571. The molecule has 0 aliphatic carbocycles. The molecule has 1 saturated heterocycles. The predicted molar refractivity (Wildman–Crippen MR) is 106 cm³/mol. The Hall–Kier alpha value is -2.01. The van der Waals surface area contributed by atoms with E-state index in [-0.39, 0.29) is 11.4 Å². The number of rotatable bonds is 7. The molecule has 1 fully saturated rings. The molecular weight excluding hydrogens is 328 g/mol. The molecule has 5 heteroatoms. The van der Waals surface area contributed by atoms with Gasteiger partial charge >= 0.3 is 0 Å². The van der Waals surface area contributed by atoms with Crippen LogP contribution in [0.3, 0.4) is 0 Å². The van der Waals surface area contributed by atoms with Gasteiger partial charge in [0.1, 0.15) is 11.5 Å². The number of hydrogen-bond donors (Lipinski definition) is 1. The van der Waals surface area contributed by atoms with Crippen LogP contribution in [0.15, 0.2) is 24.3 Å². The minimum absolute atomic E-state index is 0.0457. The second-order valence-corrected chi connectivity index (χ2v) is 7.66. The number of hydrogen-bond acceptors (Lipinski definition) is 4. The van der Waals surface area contributed by atoms with Crippen molar-refractivity contribution in [3.63, 3.8) is 0 Å². The number of carbonyl (C=O) groups excluding carboxylic acids is 1. The van der Waals surface area contributed by atoms with Gasteiger partial charge in [-0.05, 0) is 57.4 Å². The lowest BCUT2D eigenvalue weighted by molar-refractivity contribution is -0.117. The van der Waals surface area contributed by atoms with Gasteiger partial charge in [0.25, 0.3) is 0 Å². The summed E-state index contributed by atoms with van der Waals surface area (Å²) in [5.41, 5.74) is 0.795. The number of piperidine rings is 1. The van der Waals surface area contributed by atoms with Gasteiger partial charge in [-0.2, -0.15) is 0 Å². The molecule has 0 radical (unpaired) electrons. The molecule has 0 aromatic heterocycles. The van der Waals surface area contributed by atoms with Gasteiger partial charge in [0, 0.05) is 36.3 Å². The number of nitrogens with one attached hydrogen (secondary N) is 1. The minimum Gasteiger partial charge on any atom is -0.497 e. The van der Waals surface area contributed by atoms with Gasteiger partial charge in [-0.25, -0.2) is 0 Å². The van der Waals surface area contributed by atoms with Crippen molar-refractivity contribution in [1.82, 2.24) is 10.2 Å². The molecule has 0 bridgehead atoms. The Morgan fingerprint density at radius 1 is 1.35 bits per heavy atom. The summed E-state index contributed by atoms with van der Waals surface area (Å²) in [7, 11) is 3.22. The van der Waals surface area contributed by atoms with Crippen molar-refractivity contribution in [2.45, 2.75) is 39.2 Å². The molecule has 1 aliphatic heterocycles. The third kappa shape index (κ3) is 5.49. The van der Waals surface area contributed by atoms with Crippen LogP contribution in [0.25, 0.3) is 6.08 Å². The van der Waals surface area contributed by atoms with Crippen molar-refractivity contribution < 1.29 is 14.3 Å². The van der Waals surface area contributed by atoms with Gasteiger partial charge in [-0.1, -0.05) is 6.92 Å². The number of methoxy groups -OCH3 is 2. The minimum atomic E-state index is -0.0963. The highest BCUT2D eigenvalue weighted by Crippen LogP contribution is 2.26. The summed E-state index contributed by atoms with van der Waals surface area (Å²) in [6.07, 6.45) is 5.85. The molecule has 1 aliphatic rings. The molecule has 1 atom stereocenters. The lowest BCUT2D eigenvalue weighted by Gasteiger charge is -2.43. The number of nitrogens with zero attached hydrogens (tertiary/aromatic N) is 1.